The molecule has 0 aromatic heterocycles. The third-order valence-electron chi connectivity index (χ3n) is 2.73. The summed E-state index contributed by atoms with van der Waals surface area (Å²) in [7, 11) is 0. The average Bonchev–Trinajstić information content (AvgIpc) is 2.59. The molecule has 1 aromatic rings. The number of benzene rings is 1. The molecule has 1 heterocycles. The highest BCUT2D eigenvalue weighted by molar-refractivity contribution is 9.10. The van der Waals surface area contributed by atoms with Gasteiger partial charge in [0.15, 0.2) is 5.90 Å². The van der Waals surface area contributed by atoms with E-state index in [2.05, 4.69) is 53.8 Å². The molecule has 0 aliphatic carbocycles. The molecule has 2 rings (SSSR count). The maximum atomic E-state index is 5.65. The molecule has 0 spiro atoms. The van der Waals surface area contributed by atoms with Gasteiger partial charge >= 0.3 is 0 Å². The van der Waals surface area contributed by atoms with Crippen molar-refractivity contribution < 1.29 is 4.74 Å². The Hall–Kier alpha value is -0.830. The number of hydrogen-bond donors (Lipinski definition) is 0. The van der Waals surface area contributed by atoms with Crippen LogP contribution >= 0.6 is 15.9 Å². The molecule has 1 aliphatic rings. The molecular formula is C13H16BrNO. The lowest BCUT2D eigenvalue weighted by atomic mass is 10.0. The van der Waals surface area contributed by atoms with E-state index in [1.807, 2.05) is 12.1 Å². The third kappa shape index (κ3) is 2.46. The molecule has 1 aromatic carbocycles. The van der Waals surface area contributed by atoms with Gasteiger partial charge in [0.05, 0.1) is 11.5 Å². The second-order valence-corrected chi connectivity index (χ2v) is 5.74. The van der Waals surface area contributed by atoms with E-state index in [0.717, 1.165) is 10.4 Å². The SMILES string of the molecule is CC(C1=NC(C)(C)CO1)c1ccc(Br)cc1. The number of rotatable bonds is 2. The van der Waals surface area contributed by atoms with E-state index in [1.165, 1.54) is 5.56 Å². The predicted molar refractivity (Wildman–Crippen MR) is 70.0 cm³/mol. The summed E-state index contributed by atoms with van der Waals surface area (Å²) in [4.78, 5) is 4.60. The van der Waals surface area contributed by atoms with E-state index in [-0.39, 0.29) is 11.5 Å². The van der Waals surface area contributed by atoms with Gasteiger partial charge in [-0.3, -0.25) is 0 Å². The van der Waals surface area contributed by atoms with E-state index in [1.54, 1.807) is 0 Å². The van der Waals surface area contributed by atoms with Crippen molar-refractivity contribution in [1.29, 1.82) is 0 Å². The largest absolute Gasteiger partial charge is 0.478 e. The molecule has 16 heavy (non-hydrogen) atoms. The number of halogens is 1. The fraction of sp³-hybridized carbons (Fsp3) is 0.462. The summed E-state index contributed by atoms with van der Waals surface area (Å²) in [5.74, 6) is 1.09. The van der Waals surface area contributed by atoms with Crippen molar-refractivity contribution in [2.45, 2.75) is 32.2 Å². The lowest BCUT2D eigenvalue weighted by Crippen LogP contribution is -2.17. The minimum atomic E-state index is -0.0705. The summed E-state index contributed by atoms with van der Waals surface area (Å²) < 4.78 is 6.75. The third-order valence-corrected chi connectivity index (χ3v) is 3.26. The standard InChI is InChI=1S/C13H16BrNO/c1-9(10-4-6-11(14)7-5-10)12-15-13(2,3)8-16-12/h4-7,9H,8H2,1-3H3. The molecule has 0 radical (unpaired) electrons. The highest BCUT2D eigenvalue weighted by Gasteiger charge is 2.29. The molecular weight excluding hydrogens is 266 g/mol. The molecule has 0 fully saturated rings. The van der Waals surface area contributed by atoms with Crippen LogP contribution in [0, 0.1) is 0 Å². The van der Waals surface area contributed by atoms with E-state index < -0.39 is 0 Å². The van der Waals surface area contributed by atoms with Crippen LogP contribution in [0.4, 0.5) is 0 Å². The molecule has 0 saturated heterocycles. The molecule has 1 atom stereocenters. The summed E-state index contributed by atoms with van der Waals surface area (Å²) in [5.41, 5.74) is 1.17. The topological polar surface area (TPSA) is 21.6 Å². The molecule has 0 amide bonds. The second kappa shape index (κ2) is 4.21. The second-order valence-electron chi connectivity index (χ2n) is 4.82. The summed E-state index contributed by atoms with van der Waals surface area (Å²) in [6, 6.07) is 8.30. The number of aliphatic imine (C=N–C) groups is 1. The quantitative estimate of drug-likeness (QED) is 0.809. The van der Waals surface area contributed by atoms with Gasteiger partial charge < -0.3 is 4.74 Å². The fourth-order valence-corrected chi connectivity index (χ4v) is 1.99. The lowest BCUT2D eigenvalue weighted by Gasteiger charge is -2.11. The Morgan fingerprint density at radius 3 is 2.44 bits per heavy atom. The van der Waals surface area contributed by atoms with Crippen LogP contribution in [0.25, 0.3) is 0 Å². The van der Waals surface area contributed by atoms with E-state index in [4.69, 9.17) is 4.74 Å². The maximum Gasteiger partial charge on any atom is 0.191 e. The van der Waals surface area contributed by atoms with Crippen molar-refractivity contribution in [2.75, 3.05) is 6.61 Å². The molecule has 2 nitrogen and oxygen atoms in total. The van der Waals surface area contributed by atoms with Crippen LogP contribution in [-0.4, -0.2) is 18.0 Å². The number of ether oxygens (including phenoxy) is 1. The minimum Gasteiger partial charge on any atom is -0.478 e. The van der Waals surface area contributed by atoms with Crippen LogP contribution in [0.5, 0.6) is 0 Å². The molecule has 1 unspecified atom stereocenters. The average molecular weight is 282 g/mol. The van der Waals surface area contributed by atoms with Crippen LogP contribution < -0.4 is 0 Å². The summed E-state index contributed by atoms with van der Waals surface area (Å²) in [6.45, 7) is 7.00. The zero-order valence-electron chi connectivity index (χ0n) is 9.83. The van der Waals surface area contributed by atoms with Gasteiger partial charge in [0, 0.05) is 4.47 Å². The van der Waals surface area contributed by atoms with Gasteiger partial charge in [-0.15, -0.1) is 0 Å². The normalized spacial score (nSPS) is 20.1. The first-order chi connectivity index (χ1) is 7.48. The van der Waals surface area contributed by atoms with Crippen molar-refractivity contribution in [3.05, 3.63) is 34.3 Å². The van der Waals surface area contributed by atoms with Gasteiger partial charge in [0.1, 0.15) is 6.61 Å². The van der Waals surface area contributed by atoms with Crippen molar-refractivity contribution in [1.82, 2.24) is 0 Å². The lowest BCUT2D eigenvalue weighted by molar-refractivity contribution is 0.272. The van der Waals surface area contributed by atoms with Crippen molar-refractivity contribution in [3.8, 4) is 0 Å². The van der Waals surface area contributed by atoms with Gasteiger partial charge in [0.2, 0.25) is 0 Å². The Morgan fingerprint density at radius 2 is 1.94 bits per heavy atom. The Bertz CT molecular complexity index is 408. The molecule has 1 aliphatic heterocycles. The van der Waals surface area contributed by atoms with Crippen molar-refractivity contribution in [3.63, 3.8) is 0 Å². The smallest absolute Gasteiger partial charge is 0.191 e. The summed E-state index contributed by atoms with van der Waals surface area (Å²) in [5, 5.41) is 0. The van der Waals surface area contributed by atoms with Gasteiger partial charge in [-0.25, -0.2) is 4.99 Å². The van der Waals surface area contributed by atoms with Gasteiger partial charge in [-0.2, -0.15) is 0 Å². The zero-order chi connectivity index (χ0) is 11.8. The first kappa shape index (κ1) is 11.6. The Balaban J connectivity index is 2.20. The fourth-order valence-electron chi connectivity index (χ4n) is 1.73. The number of hydrogen-bond acceptors (Lipinski definition) is 2. The van der Waals surface area contributed by atoms with Gasteiger partial charge in [0.25, 0.3) is 0 Å². The van der Waals surface area contributed by atoms with Crippen molar-refractivity contribution >= 4 is 21.8 Å². The Morgan fingerprint density at radius 1 is 1.31 bits per heavy atom. The molecule has 86 valence electrons. The van der Waals surface area contributed by atoms with E-state index in [9.17, 15) is 0 Å². The van der Waals surface area contributed by atoms with Crippen LogP contribution in [0.2, 0.25) is 0 Å². The zero-order valence-corrected chi connectivity index (χ0v) is 11.4. The maximum absolute atomic E-state index is 5.65. The van der Waals surface area contributed by atoms with Crippen LogP contribution in [0.1, 0.15) is 32.3 Å². The van der Waals surface area contributed by atoms with E-state index in [0.29, 0.717) is 6.61 Å². The number of nitrogens with zero attached hydrogens (tertiary/aromatic N) is 1. The Kier molecular flexibility index (Phi) is 3.06. The van der Waals surface area contributed by atoms with Crippen molar-refractivity contribution in [2.24, 2.45) is 4.99 Å². The van der Waals surface area contributed by atoms with Crippen LogP contribution in [-0.2, 0) is 4.74 Å². The van der Waals surface area contributed by atoms with E-state index >= 15 is 0 Å². The highest BCUT2D eigenvalue weighted by Crippen LogP contribution is 2.26. The highest BCUT2D eigenvalue weighted by atomic mass is 79.9. The first-order valence-electron chi connectivity index (χ1n) is 5.46. The Labute approximate surface area is 105 Å². The molecule has 0 saturated carbocycles. The van der Waals surface area contributed by atoms with Gasteiger partial charge in [-0.05, 0) is 38.5 Å². The first-order valence-corrected chi connectivity index (χ1v) is 6.25. The van der Waals surface area contributed by atoms with Gasteiger partial charge in [-0.1, -0.05) is 28.1 Å². The van der Waals surface area contributed by atoms with Crippen LogP contribution in [0.3, 0.4) is 0 Å². The monoisotopic (exact) mass is 281 g/mol. The predicted octanol–water partition coefficient (Wildman–Crippen LogP) is 3.76. The van der Waals surface area contributed by atoms with Crippen LogP contribution in [0.15, 0.2) is 33.7 Å². The minimum absolute atomic E-state index is 0.0705. The molecule has 0 N–H and O–H groups in total. The molecule has 3 heteroatoms. The molecule has 0 bridgehead atoms. The summed E-state index contributed by atoms with van der Waals surface area (Å²) in [6.07, 6.45) is 0. The summed E-state index contributed by atoms with van der Waals surface area (Å²) >= 11 is 3.43.